The molecule has 0 aromatic heterocycles. The summed E-state index contributed by atoms with van der Waals surface area (Å²) in [7, 11) is 0. The maximum Gasteiger partial charge on any atom is 0.314 e. The summed E-state index contributed by atoms with van der Waals surface area (Å²) in [5, 5.41) is 32.6. The Kier molecular flexibility index (Phi) is 4.47. The summed E-state index contributed by atoms with van der Waals surface area (Å²) in [6.07, 6.45) is -0.892. The maximum absolute atomic E-state index is 11.3. The zero-order valence-electron chi connectivity index (χ0n) is 11.4. The van der Waals surface area contributed by atoms with E-state index >= 15 is 0 Å². The van der Waals surface area contributed by atoms with Gasteiger partial charge in [-0.05, 0) is 35.9 Å². The molecule has 112 valence electrons. The van der Waals surface area contributed by atoms with Gasteiger partial charge in [0.05, 0.1) is 11.5 Å². The number of hydrogen-bond donors (Lipinski definition) is 3. The molecule has 1 aliphatic rings. The van der Waals surface area contributed by atoms with Crippen molar-refractivity contribution in [3.05, 3.63) is 45.8 Å². The maximum atomic E-state index is 11.3. The summed E-state index contributed by atoms with van der Waals surface area (Å²) in [4.78, 5) is 13.9. The number of aliphatic carboxylic acids is 1. The normalized spacial score (nSPS) is 18.4. The molecule has 1 aromatic carbocycles. The Labute approximate surface area is 121 Å². The van der Waals surface area contributed by atoms with Gasteiger partial charge in [-0.1, -0.05) is 29.4 Å². The average molecular weight is 291 g/mol. The van der Waals surface area contributed by atoms with Crippen LogP contribution in [0.15, 0.2) is 29.4 Å². The first-order valence-electron chi connectivity index (χ1n) is 6.72. The molecule has 1 fully saturated rings. The van der Waals surface area contributed by atoms with E-state index in [9.17, 15) is 20.1 Å². The molecule has 0 spiro atoms. The van der Waals surface area contributed by atoms with E-state index in [1.807, 2.05) is 0 Å². The second-order valence-corrected chi connectivity index (χ2v) is 5.27. The van der Waals surface area contributed by atoms with E-state index in [0.717, 1.165) is 0 Å². The number of azide groups is 1. The second-order valence-electron chi connectivity index (χ2n) is 5.27. The highest BCUT2D eigenvalue weighted by molar-refractivity contribution is 5.84. The third kappa shape index (κ3) is 3.16. The number of benzene rings is 1. The van der Waals surface area contributed by atoms with Crippen molar-refractivity contribution in [1.29, 1.82) is 0 Å². The molecule has 7 nitrogen and oxygen atoms in total. The van der Waals surface area contributed by atoms with Gasteiger partial charge in [-0.15, -0.1) is 0 Å². The highest BCUT2D eigenvalue weighted by Crippen LogP contribution is 2.48. The summed E-state index contributed by atoms with van der Waals surface area (Å²) in [6.45, 7) is 0.0908. The van der Waals surface area contributed by atoms with Gasteiger partial charge in [0.25, 0.3) is 0 Å². The van der Waals surface area contributed by atoms with Crippen LogP contribution >= 0.6 is 0 Å². The molecule has 7 heteroatoms. The van der Waals surface area contributed by atoms with Crippen molar-refractivity contribution < 1.29 is 20.1 Å². The van der Waals surface area contributed by atoms with Gasteiger partial charge in [0.15, 0.2) is 0 Å². The van der Waals surface area contributed by atoms with Crippen LogP contribution in [0.5, 0.6) is 0 Å². The van der Waals surface area contributed by atoms with E-state index in [1.54, 1.807) is 24.3 Å². The Morgan fingerprint density at radius 3 is 2.71 bits per heavy atom. The average Bonchev–Trinajstić information content (AvgIpc) is 3.28. The van der Waals surface area contributed by atoms with Crippen LogP contribution in [-0.4, -0.2) is 33.9 Å². The first kappa shape index (κ1) is 15.3. The summed E-state index contributed by atoms with van der Waals surface area (Å²) < 4.78 is 0. The summed E-state index contributed by atoms with van der Waals surface area (Å²) in [5.41, 5.74) is 8.45. The van der Waals surface area contributed by atoms with Crippen molar-refractivity contribution in [2.75, 3.05) is 6.54 Å². The molecule has 1 saturated carbocycles. The second kappa shape index (κ2) is 6.13. The molecular weight excluding hydrogens is 274 g/mol. The van der Waals surface area contributed by atoms with E-state index in [-0.39, 0.29) is 13.0 Å². The standard InChI is InChI=1S/C14H17N3O4/c15-17-16-7-4-11(18)12(19)9-2-1-3-10(8-9)14(5-6-14)13(20)21/h1-3,8,11-12,18-19H,4-7H2,(H,20,21). The fourth-order valence-electron chi connectivity index (χ4n) is 2.39. The molecule has 1 aliphatic carbocycles. The highest BCUT2D eigenvalue weighted by atomic mass is 16.4. The van der Waals surface area contributed by atoms with Gasteiger partial charge >= 0.3 is 5.97 Å². The number of carboxylic acids is 1. The topological polar surface area (TPSA) is 127 Å². The van der Waals surface area contributed by atoms with E-state index in [2.05, 4.69) is 10.0 Å². The molecule has 3 N–H and O–H groups in total. The molecule has 0 amide bonds. The smallest absolute Gasteiger partial charge is 0.314 e. The summed E-state index contributed by atoms with van der Waals surface area (Å²) in [6, 6.07) is 6.67. The van der Waals surface area contributed by atoms with Crippen LogP contribution in [0.25, 0.3) is 10.4 Å². The number of carbonyl (C=O) groups is 1. The third-order valence-electron chi connectivity index (χ3n) is 3.89. The van der Waals surface area contributed by atoms with Gasteiger partial charge in [0.2, 0.25) is 0 Å². The van der Waals surface area contributed by atoms with Gasteiger partial charge in [0, 0.05) is 11.5 Å². The number of rotatable bonds is 7. The number of nitrogens with zero attached hydrogens (tertiary/aromatic N) is 3. The van der Waals surface area contributed by atoms with Crippen molar-refractivity contribution in [1.82, 2.24) is 0 Å². The highest BCUT2D eigenvalue weighted by Gasteiger charge is 2.51. The minimum atomic E-state index is -1.14. The largest absolute Gasteiger partial charge is 0.481 e. The van der Waals surface area contributed by atoms with Crippen LogP contribution in [0.1, 0.15) is 36.5 Å². The number of aliphatic hydroxyl groups excluding tert-OH is 2. The molecule has 0 heterocycles. The predicted octanol–water partition coefficient (Wildman–Crippen LogP) is 1.90. The van der Waals surface area contributed by atoms with E-state index < -0.39 is 23.6 Å². The van der Waals surface area contributed by atoms with Crippen molar-refractivity contribution in [2.24, 2.45) is 5.11 Å². The minimum Gasteiger partial charge on any atom is -0.481 e. The molecule has 0 radical (unpaired) electrons. The molecule has 0 aliphatic heterocycles. The van der Waals surface area contributed by atoms with Crippen LogP contribution in [0.4, 0.5) is 0 Å². The van der Waals surface area contributed by atoms with Gasteiger partial charge in [-0.25, -0.2) is 0 Å². The first-order valence-corrected chi connectivity index (χ1v) is 6.72. The lowest BCUT2D eigenvalue weighted by Crippen LogP contribution is -2.22. The van der Waals surface area contributed by atoms with E-state index in [4.69, 9.17) is 5.53 Å². The lowest BCUT2D eigenvalue weighted by Gasteiger charge is -2.19. The Morgan fingerprint density at radius 1 is 1.43 bits per heavy atom. The predicted molar refractivity (Wildman–Crippen MR) is 74.6 cm³/mol. The van der Waals surface area contributed by atoms with Gasteiger partial charge < -0.3 is 15.3 Å². The Balaban J connectivity index is 2.13. The van der Waals surface area contributed by atoms with Gasteiger partial charge in [-0.3, -0.25) is 4.79 Å². The van der Waals surface area contributed by atoms with Crippen molar-refractivity contribution in [2.45, 2.75) is 36.9 Å². The van der Waals surface area contributed by atoms with Crippen molar-refractivity contribution in [3.63, 3.8) is 0 Å². The molecule has 2 atom stereocenters. The zero-order chi connectivity index (χ0) is 15.5. The Bertz CT molecular complexity index is 579. The van der Waals surface area contributed by atoms with Gasteiger partial charge in [0.1, 0.15) is 6.10 Å². The number of aliphatic hydroxyl groups is 2. The Hall–Kier alpha value is -2.08. The third-order valence-corrected chi connectivity index (χ3v) is 3.89. The first-order chi connectivity index (χ1) is 10.0. The monoisotopic (exact) mass is 291 g/mol. The molecular formula is C14H17N3O4. The van der Waals surface area contributed by atoms with Crippen molar-refractivity contribution >= 4 is 5.97 Å². The van der Waals surface area contributed by atoms with Crippen LogP contribution < -0.4 is 0 Å². The SMILES string of the molecule is [N-]=[N+]=NCCC(O)C(O)c1cccc(C2(C(=O)O)CC2)c1. The fraction of sp³-hybridized carbons (Fsp3) is 0.500. The van der Waals surface area contributed by atoms with Crippen LogP contribution in [0.2, 0.25) is 0 Å². The molecule has 21 heavy (non-hydrogen) atoms. The molecule has 2 unspecified atom stereocenters. The van der Waals surface area contributed by atoms with E-state index in [0.29, 0.717) is 24.0 Å². The molecule has 0 bridgehead atoms. The minimum absolute atomic E-state index is 0.0908. The lowest BCUT2D eigenvalue weighted by molar-refractivity contribution is -0.140. The molecule has 0 saturated heterocycles. The fourth-order valence-corrected chi connectivity index (χ4v) is 2.39. The number of carboxylic acid groups (broad SMARTS) is 1. The summed E-state index contributed by atoms with van der Waals surface area (Å²) >= 11 is 0. The number of hydrogen-bond acceptors (Lipinski definition) is 4. The zero-order valence-corrected chi connectivity index (χ0v) is 11.4. The lowest BCUT2D eigenvalue weighted by atomic mass is 9.92. The molecule has 1 aromatic rings. The van der Waals surface area contributed by atoms with Crippen LogP contribution in [0.3, 0.4) is 0 Å². The summed E-state index contributed by atoms with van der Waals surface area (Å²) in [5.74, 6) is -0.863. The molecule has 2 rings (SSSR count). The van der Waals surface area contributed by atoms with E-state index in [1.165, 1.54) is 0 Å². The van der Waals surface area contributed by atoms with Crippen LogP contribution in [0, 0.1) is 0 Å². The van der Waals surface area contributed by atoms with Crippen LogP contribution in [-0.2, 0) is 10.2 Å². The van der Waals surface area contributed by atoms with Crippen molar-refractivity contribution in [3.8, 4) is 0 Å². The van der Waals surface area contributed by atoms with Gasteiger partial charge in [-0.2, -0.15) is 0 Å². The Morgan fingerprint density at radius 2 is 2.14 bits per heavy atom. The quantitative estimate of drug-likeness (QED) is 0.402.